The number of carbonyl (C=O) groups is 3. The second-order valence-corrected chi connectivity index (χ2v) is 12.2. The Hall–Kier alpha value is -5.60. The molecule has 238 valence electrons. The molecule has 0 aliphatic heterocycles. The van der Waals surface area contributed by atoms with Crippen molar-refractivity contribution in [1.82, 2.24) is 15.7 Å². The van der Waals surface area contributed by atoms with Crippen molar-refractivity contribution in [1.29, 1.82) is 0 Å². The normalized spacial score (nSPS) is 11.6. The zero-order valence-electron chi connectivity index (χ0n) is 24.9. The van der Waals surface area contributed by atoms with Gasteiger partial charge in [-0.05, 0) is 48.9 Å². The largest absolute Gasteiger partial charge is 0.450 e. The maximum Gasteiger partial charge on any atom is 0.407 e. The molecule has 1 heterocycles. The van der Waals surface area contributed by atoms with Crippen molar-refractivity contribution >= 4 is 68.8 Å². The van der Waals surface area contributed by atoms with Crippen molar-refractivity contribution in [2.24, 2.45) is 5.10 Å². The van der Waals surface area contributed by atoms with E-state index in [1.54, 1.807) is 79.7 Å². The van der Waals surface area contributed by atoms with Crippen LogP contribution >= 0.6 is 23.1 Å². The molecule has 12 nitrogen and oxygen atoms in total. The summed E-state index contributed by atoms with van der Waals surface area (Å²) in [6.45, 7) is 1.87. The number of ether oxygens (including phenoxy) is 1. The number of alkyl carbamates (subject to hydrolysis) is 1. The van der Waals surface area contributed by atoms with E-state index in [-0.39, 0.29) is 24.6 Å². The quantitative estimate of drug-likeness (QED) is 0.0731. The molecular formula is C33H28N6O6S2. The lowest BCUT2D eigenvalue weighted by Gasteiger charge is -2.18. The summed E-state index contributed by atoms with van der Waals surface area (Å²) in [5.41, 5.74) is 5.22. The van der Waals surface area contributed by atoms with Gasteiger partial charge in [-0.2, -0.15) is 5.10 Å². The van der Waals surface area contributed by atoms with Crippen molar-refractivity contribution < 1.29 is 24.0 Å². The van der Waals surface area contributed by atoms with Gasteiger partial charge in [-0.1, -0.05) is 66.4 Å². The number of nitrogens with zero attached hydrogens (tertiary/aromatic N) is 3. The van der Waals surface area contributed by atoms with Crippen LogP contribution in [0.15, 0.2) is 111 Å². The third kappa shape index (κ3) is 8.99. The van der Waals surface area contributed by atoms with Crippen LogP contribution in [0.1, 0.15) is 40.9 Å². The fourth-order valence-corrected chi connectivity index (χ4v) is 6.57. The number of aromatic nitrogens is 1. The fourth-order valence-electron chi connectivity index (χ4n) is 4.42. The molecule has 0 unspecified atom stereocenters. The summed E-state index contributed by atoms with van der Waals surface area (Å²) < 4.78 is 6.36. The van der Waals surface area contributed by atoms with Crippen molar-refractivity contribution in [3.05, 3.63) is 124 Å². The Morgan fingerprint density at radius 3 is 2.49 bits per heavy atom. The topological polar surface area (TPSA) is 165 Å². The van der Waals surface area contributed by atoms with Crippen LogP contribution < -0.4 is 16.1 Å². The lowest BCUT2D eigenvalue weighted by molar-refractivity contribution is -0.387. The number of benzene rings is 4. The fraction of sp³-hybridized carbons (Fsp3) is 0.121. The molecule has 3 N–H and O–H groups in total. The van der Waals surface area contributed by atoms with E-state index in [9.17, 15) is 24.5 Å². The Morgan fingerprint density at radius 1 is 1.02 bits per heavy atom. The SMILES string of the molecule is CCOC(=O)N[C@@H](CC(=O)N/N=C\c1ccc(Sc2nc3ccc(NC(=O)c4ccccc4)cc3s2)c([N+](=O)[O-])c1)c1ccccc1. The molecule has 0 aliphatic rings. The Balaban J connectivity index is 1.23. The van der Waals surface area contributed by atoms with Gasteiger partial charge in [-0.15, -0.1) is 11.3 Å². The van der Waals surface area contributed by atoms with Crippen LogP contribution in [0.5, 0.6) is 0 Å². The van der Waals surface area contributed by atoms with Gasteiger partial charge in [-0.3, -0.25) is 19.7 Å². The number of carbonyl (C=O) groups excluding carboxylic acids is 3. The first kappa shape index (κ1) is 32.8. The van der Waals surface area contributed by atoms with Gasteiger partial charge in [-0.25, -0.2) is 15.2 Å². The average molecular weight is 669 g/mol. The molecule has 0 saturated heterocycles. The zero-order valence-corrected chi connectivity index (χ0v) is 26.5. The molecule has 14 heteroatoms. The third-order valence-corrected chi connectivity index (χ3v) is 8.75. The van der Waals surface area contributed by atoms with Crippen molar-refractivity contribution in [2.45, 2.75) is 28.6 Å². The van der Waals surface area contributed by atoms with Gasteiger partial charge in [0.25, 0.3) is 11.6 Å². The van der Waals surface area contributed by atoms with Crippen LogP contribution in [-0.4, -0.2) is 40.6 Å². The molecule has 0 bridgehead atoms. The molecule has 3 amide bonds. The second kappa shape index (κ2) is 15.6. The minimum Gasteiger partial charge on any atom is -0.450 e. The summed E-state index contributed by atoms with van der Waals surface area (Å²) >= 11 is 2.50. The van der Waals surface area contributed by atoms with Crippen LogP contribution in [0.2, 0.25) is 0 Å². The molecule has 1 aromatic heterocycles. The van der Waals surface area contributed by atoms with Crippen LogP contribution in [0.4, 0.5) is 16.2 Å². The molecule has 0 aliphatic carbocycles. The minimum atomic E-state index is -0.648. The number of nitro benzene ring substituents is 1. The predicted octanol–water partition coefficient (Wildman–Crippen LogP) is 6.94. The van der Waals surface area contributed by atoms with Gasteiger partial charge in [0.15, 0.2) is 4.34 Å². The maximum atomic E-state index is 12.6. The van der Waals surface area contributed by atoms with E-state index >= 15 is 0 Å². The summed E-state index contributed by atoms with van der Waals surface area (Å²) in [5.74, 6) is -0.711. The van der Waals surface area contributed by atoms with Crippen LogP contribution in [-0.2, 0) is 9.53 Å². The number of hydrogen-bond donors (Lipinski definition) is 3. The van der Waals surface area contributed by atoms with Gasteiger partial charge in [0.05, 0.1) is 45.3 Å². The third-order valence-electron chi connectivity index (χ3n) is 6.60. The van der Waals surface area contributed by atoms with Gasteiger partial charge >= 0.3 is 6.09 Å². The molecule has 0 spiro atoms. The van der Waals surface area contributed by atoms with E-state index in [0.29, 0.717) is 37.1 Å². The number of nitrogens with one attached hydrogen (secondary N) is 3. The van der Waals surface area contributed by atoms with Gasteiger partial charge in [0, 0.05) is 22.9 Å². The molecule has 5 rings (SSSR count). The first-order valence-electron chi connectivity index (χ1n) is 14.3. The predicted molar refractivity (Wildman–Crippen MR) is 181 cm³/mol. The summed E-state index contributed by atoms with van der Waals surface area (Å²) in [5, 5.41) is 21.5. The van der Waals surface area contributed by atoms with Gasteiger partial charge in [0.2, 0.25) is 5.91 Å². The van der Waals surface area contributed by atoms with E-state index < -0.39 is 23.0 Å². The van der Waals surface area contributed by atoms with Crippen molar-refractivity contribution in [2.75, 3.05) is 11.9 Å². The van der Waals surface area contributed by atoms with E-state index in [0.717, 1.165) is 16.5 Å². The number of hydrogen-bond acceptors (Lipinski definition) is 10. The lowest BCUT2D eigenvalue weighted by atomic mass is 10.0. The van der Waals surface area contributed by atoms with Gasteiger partial charge in [0.1, 0.15) is 0 Å². The molecular weight excluding hydrogens is 641 g/mol. The van der Waals surface area contributed by atoms with Crippen LogP contribution in [0.3, 0.4) is 0 Å². The summed E-state index contributed by atoms with van der Waals surface area (Å²) in [6, 6.07) is 27.2. The highest BCUT2D eigenvalue weighted by molar-refractivity contribution is 8.01. The number of hydrazone groups is 1. The smallest absolute Gasteiger partial charge is 0.407 e. The standard InChI is InChI=1S/C33H28N6O6S2/c1-2-45-32(42)36-26(22-9-5-3-6-10-22)19-30(40)38-34-20-21-13-16-28(27(17-21)39(43)44)46-33-37-25-15-14-24(18-29(25)47-33)35-31(41)23-11-7-4-8-12-23/h3-18,20,26H,2,19H2,1H3,(H,35,41)(H,36,42)(H,38,40)/b34-20-/t26-/m0/s1. The lowest BCUT2D eigenvalue weighted by Crippen LogP contribution is -2.33. The summed E-state index contributed by atoms with van der Waals surface area (Å²) in [4.78, 5) is 53.6. The van der Waals surface area contributed by atoms with Gasteiger partial charge < -0.3 is 15.4 Å². The maximum absolute atomic E-state index is 12.6. The number of nitro groups is 1. The highest BCUT2D eigenvalue weighted by atomic mass is 32.2. The molecule has 1 atom stereocenters. The Morgan fingerprint density at radius 2 is 1.77 bits per heavy atom. The van der Waals surface area contributed by atoms with Crippen LogP contribution in [0.25, 0.3) is 10.2 Å². The first-order valence-corrected chi connectivity index (χ1v) is 16.0. The summed E-state index contributed by atoms with van der Waals surface area (Å²) in [7, 11) is 0. The molecule has 47 heavy (non-hydrogen) atoms. The average Bonchev–Trinajstić information content (AvgIpc) is 3.47. The number of amides is 3. The molecule has 4 aromatic carbocycles. The van der Waals surface area contributed by atoms with Crippen molar-refractivity contribution in [3.8, 4) is 0 Å². The minimum absolute atomic E-state index is 0.112. The van der Waals surface area contributed by atoms with Crippen molar-refractivity contribution in [3.63, 3.8) is 0 Å². The molecule has 0 saturated carbocycles. The monoisotopic (exact) mass is 668 g/mol. The zero-order chi connectivity index (χ0) is 33.2. The second-order valence-electron chi connectivity index (χ2n) is 9.89. The number of rotatable bonds is 12. The highest BCUT2D eigenvalue weighted by Gasteiger charge is 2.20. The van der Waals surface area contributed by atoms with Crippen LogP contribution in [0, 0.1) is 10.1 Å². The number of fused-ring (bicyclic) bond motifs is 1. The Kier molecular flexibility index (Phi) is 10.9. The van der Waals surface area contributed by atoms with E-state index in [1.807, 2.05) is 18.2 Å². The number of anilines is 1. The molecule has 0 radical (unpaired) electrons. The highest BCUT2D eigenvalue weighted by Crippen LogP contribution is 2.39. The first-order chi connectivity index (χ1) is 22.8. The Labute approximate surface area is 277 Å². The van der Waals surface area contributed by atoms with E-state index in [4.69, 9.17) is 4.74 Å². The molecule has 0 fully saturated rings. The van der Waals surface area contributed by atoms with E-state index in [1.165, 1.54) is 23.6 Å². The molecule has 5 aromatic rings. The van der Waals surface area contributed by atoms with E-state index in [2.05, 4.69) is 26.1 Å². The Bertz CT molecular complexity index is 1930. The summed E-state index contributed by atoms with van der Waals surface area (Å²) in [6.07, 6.45) is 0.545. The number of thiazole rings is 1.